The molecule has 0 aliphatic heterocycles. The largest absolute Gasteiger partial charge is 0.493 e. The maximum absolute atomic E-state index is 12.2. The number of ether oxygens (including phenoxy) is 3. The summed E-state index contributed by atoms with van der Waals surface area (Å²) in [5, 5.41) is 2.75. The number of halogens is 1. The molecule has 1 N–H and O–H groups in total. The second-order valence-electron chi connectivity index (χ2n) is 6.13. The van der Waals surface area contributed by atoms with E-state index < -0.39 is 0 Å². The summed E-state index contributed by atoms with van der Waals surface area (Å²) in [5.41, 5.74) is 1.80. The quantitative estimate of drug-likeness (QED) is 0.320. The van der Waals surface area contributed by atoms with E-state index in [-0.39, 0.29) is 11.9 Å². The summed E-state index contributed by atoms with van der Waals surface area (Å²) in [6.45, 7) is 2.44. The monoisotopic (exact) mass is 461 g/mol. The second kappa shape index (κ2) is 11.3. The topological polar surface area (TPSA) is 73.9 Å². The molecular formula is C22H24BrNO5. The van der Waals surface area contributed by atoms with Crippen LogP contribution < -0.4 is 14.8 Å². The first kappa shape index (κ1) is 22.5. The van der Waals surface area contributed by atoms with Crippen molar-refractivity contribution in [3.8, 4) is 11.5 Å². The van der Waals surface area contributed by atoms with Crippen LogP contribution in [0.2, 0.25) is 0 Å². The molecule has 2 aromatic rings. The molecule has 29 heavy (non-hydrogen) atoms. The van der Waals surface area contributed by atoms with Crippen LogP contribution in [0.25, 0.3) is 6.08 Å². The molecule has 0 aliphatic carbocycles. The van der Waals surface area contributed by atoms with Crippen LogP contribution in [-0.4, -0.2) is 32.7 Å². The van der Waals surface area contributed by atoms with Crippen molar-refractivity contribution in [1.82, 2.24) is 0 Å². The lowest BCUT2D eigenvalue weighted by molar-refractivity contribution is -0.111. The molecule has 6 nitrogen and oxygen atoms in total. The van der Waals surface area contributed by atoms with E-state index in [0.717, 1.165) is 22.9 Å². The van der Waals surface area contributed by atoms with E-state index >= 15 is 0 Å². The lowest BCUT2D eigenvalue weighted by Gasteiger charge is -2.10. The van der Waals surface area contributed by atoms with Gasteiger partial charge in [0, 0.05) is 11.8 Å². The first-order valence-electron chi connectivity index (χ1n) is 9.16. The summed E-state index contributed by atoms with van der Waals surface area (Å²) in [6, 6.07) is 10.2. The van der Waals surface area contributed by atoms with Crippen molar-refractivity contribution >= 4 is 39.6 Å². The zero-order chi connectivity index (χ0) is 21.2. The van der Waals surface area contributed by atoms with Gasteiger partial charge >= 0.3 is 5.97 Å². The van der Waals surface area contributed by atoms with E-state index in [0.29, 0.717) is 29.4 Å². The molecule has 0 radical (unpaired) electrons. The number of anilines is 1. The van der Waals surface area contributed by atoms with E-state index in [2.05, 4.69) is 21.2 Å². The van der Waals surface area contributed by atoms with Gasteiger partial charge in [0.05, 0.1) is 30.9 Å². The Morgan fingerprint density at radius 2 is 1.83 bits per heavy atom. The maximum atomic E-state index is 12.2. The predicted molar refractivity (Wildman–Crippen MR) is 117 cm³/mol. The molecule has 2 rings (SSSR count). The van der Waals surface area contributed by atoms with Gasteiger partial charge in [0.15, 0.2) is 11.5 Å². The van der Waals surface area contributed by atoms with Crippen LogP contribution >= 0.6 is 15.9 Å². The summed E-state index contributed by atoms with van der Waals surface area (Å²) < 4.78 is 16.5. The number of carbonyl (C=O) groups is 2. The summed E-state index contributed by atoms with van der Waals surface area (Å²) in [6.07, 6.45) is 4.89. The molecule has 154 valence electrons. The zero-order valence-corrected chi connectivity index (χ0v) is 18.2. The number of nitrogens with one attached hydrogen (secondary N) is 1. The Hall–Kier alpha value is -2.80. The standard InChI is InChI=1S/C22H24BrNO5/c1-4-5-12-29-22(26)16-7-9-17(10-8-16)24-20(25)11-6-15-13-18(23)21(28-3)19(14-15)27-2/h6-11,13-14H,4-5,12H2,1-3H3,(H,24,25). The zero-order valence-electron chi connectivity index (χ0n) is 16.7. The van der Waals surface area contributed by atoms with Crippen LogP contribution in [0.15, 0.2) is 46.9 Å². The number of hydrogen-bond acceptors (Lipinski definition) is 5. The van der Waals surface area contributed by atoms with Gasteiger partial charge in [-0.2, -0.15) is 0 Å². The fraction of sp³-hybridized carbons (Fsp3) is 0.273. The lowest BCUT2D eigenvalue weighted by Crippen LogP contribution is -2.09. The molecule has 0 fully saturated rings. The number of unbranched alkanes of at least 4 members (excludes halogenated alkanes) is 1. The minimum Gasteiger partial charge on any atom is -0.493 e. The highest BCUT2D eigenvalue weighted by Crippen LogP contribution is 2.36. The number of rotatable bonds is 9. The van der Waals surface area contributed by atoms with Crippen LogP contribution in [0.3, 0.4) is 0 Å². The molecule has 0 aliphatic rings. The Morgan fingerprint density at radius 3 is 2.45 bits per heavy atom. The number of amides is 1. The van der Waals surface area contributed by atoms with E-state index in [1.807, 2.05) is 13.0 Å². The van der Waals surface area contributed by atoms with Gasteiger partial charge in [-0.05, 0) is 70.4 Å². The van der Waals surface area contributed by atoms with E-state index in [1.165, 1.54) is 6.08 Å². The molecule has 1 amide bonds. The number of carbonyl (C=O) groups excluding carboxylic acids is 2. The van der Waals surface area contributed by atoms with E-state index in [9.17, 15) is 9.59 Å². The molecule has 0 unspecified atom stereocenters. The molecular weight excluding hydrogens is 438 g/mol. The number of esters is 1. The fourth-order valence-electron chi connectivity index (χ4n) is 2.47. The van der Waals surface area contributed by atoms with Crippen LogP contribution in [0.1, 0.15) is 35.7 Å². The Balaban J connectivity index is 1.98. The van der Waals surface area contributed by atoms with Gasteiger partial charge in [0.2, 0.25) is 5.91 Å². The first-order chi connectivity index (χ1) is 14.0. The molecule has 0 aromatic heterocycles. The van der Waals surface area contributed by atoms with Crippen molar-refractivity contribution in [3.05, 3.63) is 58.1 Å². The molecule has 0 atom stereocenters. The minimum atomic E-state index is -0.366. The molecule has 2 aromatic carbocycles. The SMILES string of the molecule is CCCCOC(=O)c1ccc(NC(=O)C=Cc2cc(Br)c(OC)c(OC)c2)cc1. The Kier molecular flexibility index (Phi) is 8.73. The van der Waals surface area contributed by atoms with Gasteiger partial charge in [0.1, 0.15) is 0 Å². The minimum absolute atomic E-state index is 0.297. The van der Waals surface area contributed by atoms with Crippen molar-refractivity contribution in [2.24, 2.45) is 0 Å². The fourth-order valence-corrected chi connectivity index (χ4v) is 3.09. The molecule has 0 spiro atoms. The predicted octanol–water partition coefficient (Wildman–Crippen LogP) is 5.08. The van der Waals surface area contributed by atoms with E-state index in [4.69, 9.17) is 14.2 Å². The average molecular weight is 462 g/mol. The number of methoxy groups -OCH3 is 2. The summed E-state index contributed by atoms with van der Waals surface area (Å²) in [7, 11) is 3.11. The Labute approximate surface area is 179 Å². The van der Waals surface area contributed by atoms with Gasteiger partial charge in [-0.15, -0.1) is 0 Å². The summed E-state index contributed by atoms with van der Waals surface area (Å²) in [4.78, 5) is 24.1. The lowest BCUT2D eigenvalue weighted by atomic mass is 10.2. The number of benzene rings is 2. The van der Waals surface area contributed by atoms with Gasteiger partial charge in [-0.1, -0.05) is 13.3 Å². The molecule has 0 heterocycles. The smallest absolute Gasteiger partial charge is 0.338 e. The van der Waals surface area contributed by atoms with Gasteiger partial charge < -0.3 is 19.5 Å². The third-order valence-electron chi connectivity index (χ3n) is 4.00. The van der Waals surface area contributed by atoms with E-state index in [1.54, 1.807) is 50.6 Å². The van der Waals surface area contributed by atoms with Crippen molar-refractivity contribution < 1.29 is 23.8 Å². The second-order valence-corrected chi connectivity index (χ2v) is 6.98. The number of hydrogen-bond donors (Lipinski definition) is 1. The normalized spacial score (nSPS) is 10.6. The average Bonchev–Trinajstić information content (AvgIpc) is 2.72. The highest BCUT2D eigenvalue weighted by atomic mass is 79.9. The molecule has 0 bridgehead atoms. The maximum Gasteiger partial charge on any atom is 0.338 e. The van der Waals surface area contributed by atoms with Crippen LogP contribution in [0, 0.1) is 0 Å². The van der Waals surface area contributed by atoms with Crippen LogP contribution in [0.4, 0.5) is 5.69 Å². The summed E-state index contributed by atoms with van der Waals surface area (Å²) >= 11 is 3.42. The highest BCUT2D eigenvalue weighted by Gasteiger charge is 2.10. The van der Waals surface area contributed by atoms with Gasteiger partial charge in [0.25, 0.3) is 0 Å². The molecule has 0 saturated carbocycles. The van der Waals surface area contributed by atoms with Crippen molar-refractivity contribution in [1.29, 1.82) is 0 Å². The Bertz CT molecular complexity index is 878. The third kappa shape index (κ3) is 6.64. The van der Waals surface area contributed by atoms with Gasteiger partial charge in [-0.25, -0.2) is 4.79 Å². The summed E-state index contributed by atoms with van der Waals surface area (Å²) in [5.74, 6) is 0.482. The Morgan fingerprint density at radius 1 is 1.10 bits per heavy atom. The third-order valence-corrected chi connectivity index (χ3v) is 4.59. The van der Waals surface area contributed by atoms with Crippen LogP contribution in [-0.2, 0) is 9.53 Å². The van der Waals surface area contributed by atoms with Gasteiger partial charge in [-0.3, -0.25) is 4.79 Å². The van der Waals surface area contributed by atoms with Crippen molar-refractivity contribution in [2.75, 3.05) is 26.1 Å². The van der Waals surface area contributed by atoms with Crippen molar-refractivity contribution in [2.45, 2.75) is 19.8 Å². The molecule has 0 saturated heterocycles. The van der Waals surface area contributed by atoms with Crippen LogP contribution in [0.5, 0.6) is 11.5 Å². The molecule has 7 heteroatoms. The van der Waals surface area contributed by atoms with Crippen molar-refractivity contribution in [3.63, 3.8) is 0 Å². The highest BCUT2D eigenvalue weighted by molar-refractivity contribution is 9.10. The first-order valence-corrected chi connectivity index (χ1v) is 9.95.